The Labute approximate surface area is 121 Å². The highest BCUT2D eigenvalue weighted by Crippen LogP contribution is 2.24. The van der Waals surface area contributed by atoms with Crippen LogP contribution in [0, 0.1) is 17.3 Å². The first-order chi connectivity index (χ1) is 8.64. The fourth-order valence-electron chi connectivity index (χ4n) is 2.57. The van der Waals surface area contributed by atoms with E-state index in [0.29, 0.717) is 11.3 Å². The Balaban J connectivity index is 4.40. The summed E-state index contributed by atoms with van der Waals surface area (Å²) in [6.07, 6.45) is 1.21. The molecule has 0 aromatic rings. The van der Waals surface area contributed by atoms with Crippen molar-refractivity contribution in [1.82, 2.24) is 9.80 Å². The van der Waals surface area contributed by atoms with Gasteiger partial charge in [-0.2, -0.15) is 0 Å². The van der Waals surface area contributed by atoms with Gasteiger partial charge in [-0.15, -0.1) is 0 Å². The standard InChI is InChI=1S/C16H37N3/c1-14(2)12-19(9-8-18(6)7)13-15(11-17)10-16(3,4)5/h14-15H,8-13,17H2,1-7H3. The molecule has 3 heteroatoms. The topological polar surface area (TPSA) is 32.5 Å². The number of nitrogens with two attached hydrogens (primary N) is 1. The Morgan fingerprint density at radius 3 is 1.95 bits per heavy atom. The van der Waals surface area contributed by atoms with Gasteiger partial charge < -0.3 is 15.5 Å². The molecule has 0 bridgehead atoms. The third-order valence-electron chi connectivity index (χ3n) is 3.24. The molecule has 19 heavy (non-hydrogen) atoms. The van der Waals surface area contributed by atoms with Crippen LogP contribution in [-0.2, 0) is 0 Å². The van der Waals surface area contributed by atoms with Gasteiger partial charge >= 0.3 is 0 Å². The number of nitrogens with zero attached hydrogens (tertiary/aromatic N) is 2. The number of rotatable bonds is 9. The molecule has 0 amide bonds. The molecular weight excluding hydrogens is 234 g/mol. The fraction of sp³-hybridized carbons (Fsp3) is 1.00. The predicted octanol–water partition coefficient (Wildman–Crippen LogP) is 2.52. The van der Waals surface area contributed by atoms with E-state index in [9.17, 15) is 0 Å². The summed E-state index contributed by atoms with van der Waals surface area (Å²) in [7, 11) is 4.28. The van der Waals surface area contributed by atoms with Gasteiger partial charge in [0.15, 0.2) is 0 Å². The average molecular weight is 271 g/mol. The first-order valence-electron chi connectivity index (χ1n) is 7.71. The summed E-state index contributed by atoms with van der Waals surface area (Å²) in [5.41, 5.74) is 6.35. The van der Waals surface area contributed by atoms with Crippen molar-refractivity contribution in [2.24, 2.45) is 23.0 Å². The molecule has 0 spiro atoms. The number of likely N-dealkylation sites (N-methyl/N-ethyl adjacent to an activating group) is 1. The van der Waals surface area contributed by atoms with Crippen molar-refractivity contribution in [2.45, 2.75) is 41.0 Å². The minimum absolute atomic E-state index is 0.370. The van der Waals surface area contributed by atoms with E-state index in [-0.39, 0.29) is 0 Å². The lowest BCUT2D eigenvalue weighted by Crippen LogP contribution is -2.40. The highest BCUT2D eigenvalue weighted by molar-refractivity contribution is 4.74. The Bertz CT molecular complexity index is 219. The molecule has 0 aromatic heterocycles. The SMILES string of the molecule is CC(C)CN(CCN(C)C)CC(CN)CC(C)(C)C. The Morgan fingerprint density at radius 2 is 1.58 bits per heavy atom. The van der Waals surface area contributed by atoms with Crippen LogP contribution in [-0.4, -0.2) is 56.6 Å². The van der Waals surface area contributed by atoms with Gasteiger partial charge in [0.25, 0.3) is 0 Å². The van der Waals surface area contributed by atoms with E-state index in [4.69, 9.17) is 5.73 Å². The van der Waals surface area contributed by atoms with Gasteiger partial charge in [0.1, 0.15) is 0 Å². The smallest absolute Gasteiger partial charge is 0.0109 e. The van der Waals surface area contributed by atoms with Gasteiger partial charge in [0.05, 0.1) is 0 Å². The van der Waals surface area contributed by atoms with E-state index in [1.807, 2.05) is 0 Å². The highest BCUT2D eigenvalue weighted by atomic mass is 15.2. The summed E-state index contributed by atoms with van der Waals surface area (Å²) in [4.78, 5) is 4.85. The van der Waals surface area contributed by atoms with Gasteiger partial charge in [-0.05, 0) is 44.3 Å². The summed E-state index contributed by atoms with van der Waals surface area (Å²) in [6, 6.07) is 0. The summed E-state index contributed by atoms with van der Waals surface area (Å²) >= 11 is 0. The van der Waals surface area contributed by atoms with Crippen molar-refractivity contribution >= 4 is 0 Å². The molecule has 0 aliphatic heterocycles. The van der Waals surface area contributed by atoms with Crippen LogP contribution in [0.3, 0.4) is 0 Å². The molecule has 0 saturated carbocycles. The highest BCUT2D eigenvalue weighted by Gasteiger charge is 2.20. The molecule has 0 aliphatic carbocycles. The van der Waals surface area contributed by atoms with Crippen LogP contribution in [0.15, 0.2) is 0 Å². The molecule has 3 nitrogen and oxygen atoms in total. The van der Waals surface area contributed by atoms with Crippen LogP contribution in [0.2, 0.25) is 0 Å². The summed E-state index contributed by atoms with van der Waals surface area (Å²) in [5, 5.41) is 0. The second-order valence-electron chi connectivity index (χ2n) is 7.82. The first kappa shape index (κ1) is 18.9. The van der Waals surface area contributed by atoms with Crippen LogP contribution < -0.4 is 5.73 Å². The van der Waals surface area contributed by atoms with Gasteiger partial charge in [0.2, 0.25) is 0 Å². The quantitative estimate of drug-likeness (QED) is 0.699. The molecule has 0 aliphatic rings. The Morgan fingerprint density at radius 1 is 1.00 bits per heavy atom. The summed E-state index contributed by atoms with van der Waals surface area (Å²) in [6.45, 7) is 16.9. The van der Waals surface area contributed by atoms with Crippen LogP contribution in [0.4, 0.5) is 0 Å². The van der Waals surface area contributed by atoms with Crippen molar-refractivity contribution in [3.8, 4) is 0 Å². The maximum Gasteiger partial charge on any atom is 0.0109 e. The molecule has 0 saturated heterocycles. The largest absolute Gasteiger partial charge is 0.330 e. The van der Waals surface area contributed by atoms with Crippen LogP contribution in [0.1, 0.15) is 41.0 Å². The summed E-state index contributed by atoms with van der Waals surface area (Å²) < 4.78 is 0. The van der Waals surface area contributed by atoms with Crippen LogP contribution in [0.5, 0.6) is 0 Å². The molecule has 1 atom stereocenters. The van der Waals surface area contributed by atoms with Crippen LogP contribution >= 0.6 is 0 Å². The molecule has 0 aromatic carbocycles. The van der Waals surface area contributed by atoms with E-state index < -0.39 is 0 Å². The zero-order valence-corrected chi connectivity index (χ0v) is 14.4. The fourth-order valence-corrected chi connectivity index (χ4v) is 2.57. The van der Waals surface area contributed by atoms with E-state index in [1.165, 1.54) is 13.0 Å². The normalized spacial score (nSPS) is 14.7. The lowest BCUT2D eigenvalue weighted by Gasteiger charge is -2.32. The summed E-state index contributed by atoms with van der Waals surface area (Å²) in [5.74, 6) is 1.33. The van der Waals surface area contributed by atoms with Gasteiger partial charge in [0, 0.05) is 26.2 Å². The molecule has 116 valence electrons. The lowest BCUT2D eigenvalue weighted by molar-refractivity contribution is 0.167. The Kier molecular flexibility index (Phi) is 8.88. The minimum Gasteiger partial charge on any atom is -0.330 e. The third-order valence-corrected chi connectivity index (χ3v) is 3.24. The van der Waals surface area contributed by atoms with E-state index in [1.54, 1.807) is 0 Å². The molecule has 0 fully saturated rings. The van der Waals surface area contributed by atoms with E-state index >= 15 is 0 Å². The molecule has 1 unspecified atom stereocenters. The van der Waals surface area contributed by atoms with Gasteiger partial charge in [-0.1, -0.05) is 34.6 Å². The van der Waals surface area contributed by atoms with E-state index in [0.717, 1.165) is 32.1 Å². The van der Waals surface area contributed by atoms with Crippen molar-refractivity contribution in [2.75, 3.05) is 46.8 Å². The van der Waals surface area contributed by atoms with Gasteiger partial charge in [-0.3, -0.25) is 0 Å². The third kappa shape index (κ3) is 11.4. The average Bonchev–Trinajstić information content (AvgIpc) is 2.22. The van der Waals surface area contributed by atoms with E-state index in [2.05, 4.69) is 58.5 Å². The predicted molar refractivity (Wildman–Crippen MR) is 86.4 cm³/mol. The van der Waals surface area contributed by atoms with Crippen molar-refractivity contribution in [1.29, 1.82) is 0 Å². The second-order valence-corrected chi connectivity index (χ2v) is 7.82. The Hall–Kier alpha value is -0.120. The molecule has 0 heterocycles. The second kappa shape index (κ2) is 8.93. The van der Waals surface area contributed by atoms with Crippen molar-refractivity contribution in [3.63, 3.8) is 0 Å². The zero-order valence-electron chi connectivity index (χ0n) is 14.4. The number of hydrogen-bond acceptors (Lipinski definition) is 3. The van der Waals surface area contributed by atoms with Crippen molar-refractivity contribution in [3.05, 3.63) is 0 Å². The maximum atomic E-state index is 5.98. The first-order valence-corrected chi connectivity index (χ1v) is 7.71. The number of hydrogen-bond donors (Lipinski definition) is 1. The molecule has 2 N–H and O–H groups in total. The monoisotopic (exact) mass is 271 g/mol. The molecular formula is C16H37N3. The lowest BCUT2D eigenvalue weighted by atomic mass is 9.84. The molecule has 0 rings (SSSR count). The van der Waals surface area contributed by atoms with Crippen molar-refractivity contribution < 1.29 is 0 Å². The molecule has 0 radical (unpaired) electrons. The zero-order chi connectivity index (χ0) is 15.1. The maximum absolute atomic E-state index is 5.98. The van der Waals surface area contributed by atoms with Crippen LogP contribution in [0.25, 0.3) is 0 Å². The van der Waals surface area contributed by atoms with Gasteiger partial charge in [-0.25, -0.2) is 0 Å². The minimum atomic E-state index is 0.370.